The Bertz CT molecular complexity index is 211. The van der Waals surface area contributed by atoms with Crippen LogP contribution in [0.4, 0.5) is 0 Å². The molecule has 0 saturated carbocycles. The Morgan fingerprint density at radius 1 is 1.53 bits per heavy atom. The number of unbranched alkanes of at least 4 members (excludes halogenated alkanes) is 1. The Labute approximate surface area is 96.2 Å². The van der Waals surface area contributed by atoms with Crippen molar-refractivity contribution in [2.75, 3.05) is 25.1 Å². The molecule has 1 aliphatic heterocycles. The van der Waals surface area contributed by atoms with Gasteiger partial charge in [-0.2, -0.15) is 11.8 Å². The predicted molar refractivity (Wildman–Crippen MR) is 64.4 cm³/mol. The molecule has 0 aliphatic carbocycles. The lowest BCUT2D eigenvalue weighted by molar-refractivity contribution is -0.143. The maximum absolute atomic E-state index is 11.1. The molecule has 88 valence electrons. The topological polar surface area (TPSA) is 40.5 Å². The highest BCUT2D eigenvalue weighted by molar-refractivity contribution is 7.98. The summed E-state index contributed by atoms with van der Waals surface area (Å²) >= 11 is 1.86. The van der Waals surface area contributed by atoms with Gasteiger partial charge in [-0.25, -0.2) is 0 Å². The molecule has 0 radical (unpaired) electrons. The van der Waals surface area contributed by atoms with E-state index in [2.05, 4.69) is 11.2 Å². The molecule has 1 rings (SSSR count). The van der Waals surface area contributed by atoms with Crippen molar-refractivity contribution in [3.8, 4) is 0 Å². The Balaban J connectivity index is 2.31. The molecule has 3 nitrogen and oxygen atoms in total. The van der Waals surface area contributed by atoms with Crippen LogP contribution in [0.25, 0.3) is 0 Å². The van der Waals surface area contributed by atoms with Crippen LogP contribution < -0.4 is 0 Å². The number of hydrogen-bond acceptors (Lipinski definition) is 3. The largest absolute Gasteiger partial charge is 0.480 e. The first-order chi connectivity index (χ1) is 7.16. The zero-order chi connectivity index (χ0) is 11.3. The van der Waals surface area contributed by atoms with Crippen LogP contribution >= 0.6 is 11.8 Å². The van der Waals surface area contributed by atoms with E-state index in [1.54, 1.807) is 0 Å². The lowest BCUT2D eigenvalue weighted by atomic mass is 10.0. The van der Waals surface area contributed by atoms with Crippen LogP contribution in [0.1, 0.15) is 26.2 Å². The minimum absolute atomic E-state index is 0.237. The maximum atomic E-state index is 11.1. The standard InChI is InChI=1S/C11H21NO2S/c1-9-5-7-12(10(9)11(13)14)6-3-4-8-15-2/h9-10H,3-8H2,1-2H3,(H,13,14). The number of aliphatic carboxylic acids is 1. The van der Waals surface area contributed by atoms with Crippen molar-refractivity contribution in [2.24, 2.45) is 5.92 Å². The second-order valence-corrected chi connectivity index (χ2v) is 5.27. The molecule has 0 spiro atoms. The van der Waals surface area contributed by atoms with Gasteiger partial charge in [0, 0.05) is 0 Å². The van der Waals surface area contributed by atoms with Gasteiger partial charge in [-0.3, -0.25) is 9.69 Å². The van der Waals surface area contributed by atoms with Gasteiger partial charge in [0.1, 0.15) is 6.04 Å². The molecule has 15 heavy (non-hydrogen) atoms. The van der Waals surface area contributed by atoms with E-state index in [1.165, 1.54) is 12.2 Å². The Morgan fingerprint density at radius 2 is 2.27 bits per heavy atom. The molecular weight excluding hydrogens is 210 g/mol. The lowest BCUT2D eigenvalue weighted by Crippen LogP contribution is -2.39. The average molecular weight is 231 g/mol. The summed E-state index contributed by atoms with van der Waals surface area (Å²) in [4.78, 5) is 13.2. The molecule has 2 atom stereocenters. The van der Waals surface area contributed by atoms with E-state index in [4.69, 9.17) is 5.11 Å². The Hall–Kier alpha value is -0.220. The Morgan fingerprint density at radius 3 is 2.87 bits per heavy atom. The fourth-order valence-corrected chi connectivity index (χ4v) is 2.73. The number of nitrogens with zero attached hydrogens (tertiary/aromatic N) is 1. The first kappa shape index (κ1) is 12.8. The molecule has 1 heterocycles. The zero-order valence-electron chi connectivity index (χ0n) is 9.61. The van der Waals surface area contributed by atoms with Crippen LogP contribution in [0.5, 0.6) is 0 Å². The molecule has 2 unspecified atom stereocenters. The van der Waals surface area contributed by atoms with Gasteiger partial charge in [0.05, 0.1) is 0 Å². The SMILES string of the molecule is CSCCCCN1CCC(C)C1C(=O)O. The summed E-state index contributed by atoms with van der Waals surface area (Å²) in [6.45, 7) is 3.94. The third kappa shape index (κ3) is 3.68. The highest BCUT2D eigenvalue weighted by atomic mass is 32.2. The monoisotopic (exact) mass is 231 g/mol. The number of hydrogen-bond donors (Lipinski definition) is 1. The van der Waals surface area contributed by atoms with Crippen molar-refractivity contribution in [2.45, 2.75) is 32.2 Å². The lowest BCUT2D eigenvalue weighted by Gasteiger charge is -2.22. The van der Waals surface area contributed by atoms with Crippen molar-refractivity contribution in [1.82, 2.24) is 4.90 Å². The van der Waals surface area contributed by atoms with E-state index >= 15 is 0 Å². The van der Waals surface area contributed by atoms with Gasteiger partial charge in [0.25, 0.3) is 0 Å². The minimum atomic E-state index is -0.648. The summed E-state index contributed by atoms with van der Waals surface area (Å²) in [5.74, 6) is 0.842. The van der Waals surface area contributed by atoms with E-state index in [1.807, 2.05) is 18.7 Å². The number of carbonyl (C=O) groups is 1. The summed E-state index contributed by atoms with van der Waals surface area (Å²) in [6, 6.07) is -0.237. The van der Waals surface area contributed by atoms with Crippen LogP contribution in [0.2, 0.25) is 0 Å². The van der Waals surface area contributed by atoms with E-state index in [0.717, 1.165) is 25.9 Å². The van der Waals surface area contributed by atoms with Gasteiger partial charge in [-0.05, 0) is 50.3 Å². The van der Waals surface area contributed by atoms with Gasteiger partial charge in [-0.15, -0.1) is 0 Å². The number of rotatable bonds is 6. The van der Waals surface area contributed by atoms with Gasteiger partial charge >= 0.3 is 5.97 Å². The number of thioether (sulfide) groups is 1. The molecule has 0 aromatic heterocycles. The molecular formula is C11H21NO2S. The molecule has 4 heteroatoms. The third-order valence-electron chi connectivity index (χ3n) is 3.10. The van der Waals surface area contributed by atoms with E-state index in [0.29, 0.717) is 5.92 Å². The second kappa shape index (κ2) is 6.38. The molecule has 1 saturated heterocycles. The smallest absolute Gasteiger partial charge is 0.321 e. The van der Waals surface area contributed by atoms with Crippen LogP contribution in [0, 0.1) is 5.92 Å². The summed E-state index contributed by atoms with van der Waals surface area (Å²) < 4.78 is 0. The van der Waals surface area contributed by atoms with Crippen LogP contribution in [0.3, 0.4) is 0 Å². The Kier molecular flexibility index (Phi) is 5.47. The number of likely N-dealkylation sites (tertiary alicyclic amines) is 1. The number of carboxylic acid groups (broad SMARTS) is 1. The highest BCUT2D eigenvalue weighted by Crippen LogP contribution is 2.24. The zero-order valence-corrected chi connectivity index (χ0v) is 10.4. The minimum Gasteiger partial charge on any atom is -0.480 e. The highest BCUT2D eigenvalue weighted by Gasteiger charge is 2.35. The van der Waals surface area contributed by atoms with Gasteiger partial charge in [0.15, 0.2) is 0 Å². The molecule has 0 aromatic rings. The van der Waals surface area contributed by atoms with Crippen molar-refractivity contribution in [3.63, 3.8) is 0 Å². The predicted octanol–water partition coefficient (Wildman–Crippen LogP) is 1.92. The van der Waals surface area contributed by atoms with Crippen molar-refractivity contribution < 1.29 is 9.90 Å². The summed E-state index contributed by atoms with van der Waals surface area (Å²) in [5, 5.41) is 9.11. The van der Waals surface area contributed by atoms with E-state index in [-0.39, 0.29) is 6.04 Å². The quantitative estimate of drug-likeness (QED) is 0.709. The first-order valence-corrected chi connectivity index (χ1v) is 7.02. The van der Waals surface area contributed by atoms with Crippen LogP contribution in [0.15, 0.2) is 0 Å². The first-order valence-electron chi connectivity index (χ1n) is 5.62. The van der Waals surface area contributed by atoms with Crippen LogP contribution in [-0.4, -0.2) is 47.1 Å². The van der Waals surface area contributed by atoms with Gasteiger partial charge < -0.3 is 5.11 Å². The molecule has 0 aromatic carbocycles. The van der Waals surface area contributed by atoms with Crippen molar-refractivity contribution in [1.29, 1.82) is 0 Å². The van der Waals surface area contributed by atoms with Gasteiger partial charge in [-0.1, -0.05) is 6.92 Å². The summed E-state index contributed by atoms with van der Waals surface area (Å²) in [6.07, 6.45) is 5.45. The maximum Gasteiger partial charge on any atom is 0.321 e. The van der Waals surface area contributed by atoms with Gasteiger partial charge in [0.2, 0.25) is 0 Å². The summed E-state index contributed by atoms with van der Waals surface area (Å²) in [7, 11) is 0. The molecule has 0 bridgehead atoms. The van der Waals surface area contributed by atoms with E-state index in [9.17, 15) is 4.79 Å². The van der Waals surface area contributed by atoms with Crippen LogP contribution in [-0.2, 0) is 4.79 Å². The average Bonchev–Trinajstić information content (AvgIpc) is 2.54. The van der Waals surface area contributed by atoms with Crippen molar-refractivity contribution in [3.05, 3.63) is 0 Å². The molecule has 1 aliphatic rings. The molecule has 1 N–H and O–H groups in total. The number of carboxylic acids is 1. The van der Waals surface area contributed by atoms with E-state index < -0.39 is 5.97 Å². The van der Waals surface area contributed by atoms with Crippen molar-refractivity contribution >= 4 is 17.7 Å². The fraction of sp³-hybridized carbons (Fsp3) is 0.909. The fourth-order valence-electron chi connectivity index (χ4n) is 2.24. The second-order valence-electron chi connectivity index (χ2n) is 4.28. The third-order valence-corrected chi connectivity index (χ3v) is 3.80. The molecule has 0 amide bonds. The normalized spacial score (nSPS) is 27.1. The summed E-state index contributed by atoms with van der Waals surface area (Å²) in [5.41, 5.74) is 0. The molecule has 1 fully saturated rings.